The van der Waals surface area contributed by atoms with Crippen molar-refractivity contribution in [2.75, 3.05) is 26.4 Å². The molecular weight excluding hydrogens is 540 g/mol. The van der Waals surface area contributed by atoms with Gasteiger partial charge in [0.05, 0.1) is 36.1 Å². The van der Waals surface area contributed by atoms with Crippen molar-refractivity contribution >= 4 is 5.78 Å². The smallest absolute Gasteiger partial charge is 0.155 e. The topological polar surface area (TPSA) is 63.2 Å². The molecule has 0 heterocycles. The standard InChI is InChI=1S/C37H58O6/c1-10-37(9,35(5,6)24-33(42-29(2)3)28-40-32-21-15-12-16-22-32)43-34(27-39-26-30(4)38)25-36(7,8)41-23-17-20-31-18-13-11-14-19-31/h11-16,18-19,21-22,29,33-34H,10,17,20,23-28H2,1-9H3. The molecule has 2 aromatic rings. The predicted molar refractivity (Wildman–Crippen MR) is 175 cm³/mol. The zero-order valence-corrected chi connectivity index (χ0v) is 28.3. The minimum Gasteiger partial charge on any atom is -0.491 e. The minimum absolute atomic E-state index is 0.000785. The van der Waals surface area contributed by atoms with Crippen LogP contribution in [0.5, 0.6) is 5.75 Å². The highest BCUT2D eigenvalue weighted by Gasteiger charge is 2.45. The molecule has 0 saturated heterocycles. The summed E-state index contributed by atoms with van der Waals surface area (Å²) in [5, 5.41) is 0. The van der Waals surface area contributed by atoms with Gasteiger partial charge in [-0.2, -0.15) is 0 Å². The molecule has 0 radical (unpaired) electrons. The number of hydrogen-bond donors (Lipinski definition) is 0. The highest BCUT2D eigenvalue weighted by Crippen LogP contribution is 2.43. The summed E-state index contributed by atoms with van der Waals surface area (Å²) in [7, 11) is 0. The summed E-state index contributed by atoms with van der Waals surface area (Å²) >= 11 is 0. The Morgan fingerprint density at radius 3 is 2.05 bits per heavy atom. The maximum atomic E-state index is 11.7. The van der Waals surface area contributed by atoms with Crippen molar-refractivity contribution in [2.24, 2.45) is 5.41 Å². The molecule has 0 aromatic heterocycles. The van der Waals surface area contributed by atoms with E-state index >= 15 is 0 Å². The number of Topliss-reactive ketones (excluding diaryl/α,β-unsaturated/α-hetero) is 1. The van der Waals surface area contributed by atoms with E-state index in [0.29, 0.717) is 26.2 Å². The van der Waals surface area contributed by atoms with Crippen LogP contribution in [0.15, 0.2) is 60.7 Å². The number of rotatable bonds is 22. The third-order valence-electron chi connectivity index (χ3n) is 8.19. The first-order chi connectivity index (χ1) is 20.2. The highest BCUT2D eigenvalue weighted by molar-refractivity contribution is 5.76. The second-order valence-electron chi connectivity index (χ2n) is 13.5. The molecular formula is C37H58O6. The van der Waals surface area contributed by atoms with Gasteiger partial charge in [-0.15, -0.1) is 0 Å². The van der Waals surface area contributed by atoms with Crippen LogP contribution in [-0.4, -0.2) is 61.7 Å². The van der Waals surface area contributed by atoms with Gasteiger partial charge in [0.15, 0.2) is 5.78 Å². The molecule has 242 valence electrons. The number of benzene rings is 2. The van der Waals surface area contributed by atoms with Crippen molar-refractivity contribution in [2.45, 2.75) is 124 Å². The van der Waals surface area contributed by atoms with Crippen molar-refractivity contribution in [1.82, 2.24) is 0 Å². The first-order valence-corrected chi connectivity index (χ1v) is 16.0. The molecule has 0 bridgehead atoms. The van der Waals surface area contributed by atoms with E-state index in [9.17, 15) is 4.79 Å². The van der Waals surface area contributed by atoms with E-state index in [4.69, 9.17) is 23.7 Å². The largest absolute Gasteiger partial charge is 0.491 e. The van der Waals surface area contributed by atoms with Gasteiger partial charge in [0.2, 0.25) is 0 Å². The fourth-order valence-electron chi connectivity index (χ4n) is 5.46. The van der Waals surface area contributed by atoms with E-state index in [1.807, 2.05) is 36.4 Å². The molecule has 3 unspecified atom stereocenters. The second kappa shape index (κ2) is 17.9. The van der Waals surface area contributed by atoms with E-state index in [1.54, 1.807) is 6.92 Å². The zero-order chi connectivity index (χ0) is 31.9. The molecule has 0 N–H and O–H groups in total. The van der Waals surface area contributed by atoms with Gasteiger partial charge >= 0.3 is 0 Å². The van der Waals surface area contributed by atoms with Gasteiger partial charge in [-0.1, -0.05) is 69.3 Å². The summed E-state index contributed by atoms with van der Waals surface area (Å²) < 4.78 is 31.7. The number of carbonyl (C=O) groups is 1. The van der Waals surface area contributed by atoms with E-state index in [1.165, 1.54) is 5.56 Å². The quantitative estimate of drug-likeness (QED) is 0.127. The minimum atomic E-state index is -0.494. The third-order valence-corrected chi connectivity index (χ3v) is 8.19. The number of aryl methyl sites for hydroxylation is 1. The Morgan fingerprint density at radius 2 is 1.47 bits per heavy atom. The van der Waals surface area contributed by atoms with Crippen LogP contribution in [-0.2, 0) is 30.2 Å². The SMILES string of the molecule is CCC(C)(OC(COCC(C)=O)CC(C)(C)OCCCc1ccccc1)C(C)(C)CC(COc1ccccc1)OC(C)C. The molecule has 2 aromatic carbocycles. The lowest BCUT2D eigenvalue weighted by Gasteiger charge is -2.48. The fraction of sp³-hybridized carbons (Fsp3) is 0.649. The predicted octanol–water partition coefficient (Wildman–Crippen LogP) is 8.25. The summed E-state index contributed by atoms with van der Waals surface area (Å²) in [5.74, 6) is 0.835. The molecule has 2 rings (SSSR count). The van der Waals surface area contributed by atoms with Gasteiger partial charge in [0, 0.05) is 13.0 Å². The monoisotopic (exact) mass is 598 g/mol. The molecule has 43 heavy (non-hydrogen) atoms. The lowest BCUT2D eigenvalue weighted by molar-refractivity contribution is -0.192. The lowest BCUT2D eigenvalue weighted by atomic mass is 9.70. The third kappa shape index (κ3) is 13.9. The van der Waals surface area contributed by atoms with Crippen molar-refractivity contribution in [3.8, 4) is 5.75 Å². The van der Waals surface area contributed by atoms with E-state index in [2.05, 4.69) is 79.7 Å². The Morgan fingerprint density at radius 1 is 0.837 bits per heavy atom. The van der Waals surface area contributed by atoms with Crippen LogP contribution in [0.4, 0.5) is 0 Å². The molecule has 0 aliphatic carbocycles. The van der Waals surface area contributed by atoms with Gasteiger partial charge in [-0.05, 0) is 90.3 Å². The van der Waals surface area contributed by atoms with Gasteiger partial charge in [0.1, 0.15) is 19.0 Å². The Labute approximate surface area is 261 Å². The number of carbonyl (C=O) groups excluding carboxylic acids is 1. The fourth-order valence-corrected chi connectivity index (χ4v) is 5.46. The molecule has 0 aliphatic rings. The highest BCUT2D eigenvalue weighted by atomic mass is 16.6. The maximum Gasteiger partial charge on any atom is 0.155 e. The van der Waals surface area contributed by atoms with Crippen LogP contribution in [0.2, 0.25) is 0 Å². The number of hydrogen-bond acceptors (Lipinski definition) is 6. The summed E-state index contributed by atoms with van der Waals surface area (Å²) in [6, 6.07) is 20.4. The lowest BCUT2D eigenvalue weighted by Crippen LogP contribution is -2.50. The van der Waals surface area contributed by atoms with Crippen LogP contribution in [0.1, 0.15) is 93.6 Å². The van der Waals surface area contributed by atoms with Crippen LogP contribution in [0.3, 0.4) is 0 Å². The molecule has 0 spiro atoms. The first kappa shape index (κ1) is 36.9. The van der Waals surface area contributed by atoms with Crippen molar-refractivity contribution < 1.29 is 28.5 Å². The second-order valence-corrected chi connectivity index (χ2v) is 13.5. The molecule has 0 saturated carbocycles. The number of ketones is 1. The van der Waals surface area contributed by atoms with Crippen LogP contribution in [0.25, 0.3) is 0 Å². The van der Waals surface area contributed by atoms with Gasteiger partial charge in [-0.3, -0.25) is 4.79 Å². The molecule has 0 amide bonds. The van der Waals surface area contributed by atoms with Crippen molar-refractivity contribution in [3.05, 3.63) is 66.2 Å². The Bertz CT molecular complexity index is 1040. The van der Waals surface area contributed by atoms with E-state index < -0.39 is 11.2 Å². The van der Waals surface area contributed by atoms with Gasteiger partial charge < -0.3 is 23.7 Å². The average Bonchev–Trinajstić information content (AvgIpc) is 2.94. The summed E-state index contributed by atoms with van der Waals surface area (Å²) in [6.45, 7) is 20.2. The maximum absolute atomic E-state index is 11.7. The normalized spacial score (nSPS) is 15.2. The Hall–Kier alpha value is -2.25. The average molecular weight is 599 g/mol. The summed E-state index contributed by atoms with van der Waals surface area (Å²) in [5.41, 5.74) is 0.136. The molecule has 0 fully saturated rings. The van der Waals surface area contributed by atoms with Crippen LogP contribution < -0.4 is 4.74 Å². The van der Waals surface area contributed by atoms with Crippen LogP contribution >= 0.6 is 0 Å². The molecule has 6 nitrogen and oxygen atoms in total. The van der Waals surface area contributed by atoms with Gasteiger partial charge in [0.25, 0.3) is 0 Å². The van der Waals surface area contributed by atoms with Gasteiger partial charge in [-0.25, -0.2) is 0 Å². The number of ether oxygens (including phenoxy) is 5. The first-order valence-electron chi connectivity index (χ1n) is 16.0. The van der Waals surface area contributed by atoms with Crippen molar-refractivity contribution in [3.63, 3.8) is 0 Å². The summed E-state index contributed by atoms with van der Waals surface area (Å²) in [4.78, 5) is 11.7. The van der Waals surface area contributed by atoms with Crippen LogP contribution in [0, 0.1) is 5.41 Å². The zero-order valence-electron chi connectivity index (χ0n) is 28.3. The Balaban J connectivity index is 2.11. The molecule has 3 atom stereocenters. The van der Waals surface area contributed by atoms with E-state index in [-0.39, 0.29) is 36.1 Å². The summed E-state index contributed by atoms with van der Waals surface area (Å²) in [6.07, 6.45) is 3.83. The number of para-hydroxylation sites is 1. The molecule has 0 aliphatic heterocycles. The molecule has 6 heteroatoms. The van der Waals surface area contributed by atoms with Crippen molar-refractivity contribution in [1.29, 1.82) is 0 Å². The Kier molecular flexibility index (Phi) is 15.4. The van der Waals surface area contributed by atoms with E-state index in [0.717, 1.165) is 31.4 Å².